The van der Waals surface area contributed by atoms with Gasteiger partial charge in [-0.1, -0.05) is 5.21 Å². The summed E-state index contributed by atoms with van der Waals surface area (Å²) in [4.78, 5) is 0. The number of aromatic nitrogens is 6. The predicted molar refractivity (Wildman–Crippen MR) is 48.0 cm³/mol. The molecule has 0 aliphatic heterocycles. The molecule has 1 unspecified atom stereocenters. The Kier molecular flexibility index (Phi) is 2.50. The molecule has 1 atom stereocenters. The number of H-pyrrole nitrogens is 2. The number of aromatic amines is 2. The second-order valence-electron chi connectivity index (χ2n) is 2.94. The molecule has 0 spiro atoms. The van der Waals surface area contributed by atoms with E-state index in [-0.39, 0.29) is 6.04 Å². The van der Waals surface area contributed by atoms with Crippen molar-refractivity contribution in [2.45, 2.75) is 19.5 Å². The normalized spacial score (nSPS) is 12.9. The molecular weight excluding hydrogens is 182 g/mol. The SMILES string of the molecule is CC(NCc1nn[nH]n1)c1ccn[nH]1. The minimum Gasteiger partial charge on any atom is -0.302 e. The van der Waals surface area contributed by atoms with Crippen molar-refractivity contribution in [3.05, 3.63) is 23.8 Å². The van der Waals surface area contributed by atoms with Gasteiger partial charge in [-0.15, -0.1) is 10.2 Å². The highest BCUT2D eigenvalue weighted by molar-refractivity contribution is 5.03. The highest BCUT2D eigenvalue weighted by atomic mass is 15.5. The van der Waals surface area contributed by atoms with Crippen LogP contribution >= 0.6 is 0 Å². The van der Waals surface area contributed by atoms with Crippen LogP contribution < -0.4 is 5.32 Å². The summed E-state index contributed by atoms with van der Waals surface area (Å²) in [7, 11) is 0. The third-order valence-electron chi connectivity index (χ3n) is 1.94. The number of hydrogen-bond acceptors (Lipinski definition) is 5. The Morgan fingerprint density at radius 3 is 3.14 bits per heavy atom. The van der Waals surface area contributed by atoms with Crippen molar-refractivity contribution in [1.29, 1.82) is 0 Å². The lowest BCUT2D eigenvalue weighted by Crippen LogP contribution is -2.19. The zero-order valence-electron chi connectivity index (χ0n) is 7.73. The number of tetrazole rings is 1. The summed E-state index contributed by atoms with van der Waals surface area (Å²) < 4.78 is 0. The average Bonchev–Trinajstić information content (AvgIpc) is 2.87. The Morgan fingerprint density at radius 2 is 2.50 bits per heavy atom. The second kappa shape index (κ2) is 3.97. The quantitative estimate of drug-likeness (QED) is 0.623. The van der Waals surface area contributed by atoms with Gasteiger partial charge in [0, 0.05) is 12.2 Å². The van der Waals surface area contributed by atoms with Crippen LogP contribution in [0.5, 0.6) is 0 Å². The zero-order chi connectivity index (χ0) is 9.80. The molecule has 3 N–H and O–H groups in total. The van der Waals surface area contributed by atoms with Gasteiger partial charge in [-0.05, 0) is 13.0 Å². The average molecular weight is 193 g/mol. The van der Waals surface area contributed by atoms with E-state index in [1.165, 1.54) is 0 Å². The van der Waals surface area contributed by atoms with Crippen molar-refractivity contribution in [2.24, 2.45) is 0 Å². The first-order valence-electron chi connectivity index (χ1n) is 4.31. The molecule has 0 aliphatic rings. The smallest absolute Gasteiger partial charge is 0.188 e. The van der Waals surface area contributed by atoms with E-state index < -0.39 is 0 Å². The molecule has 0 fully saturated rings. The van der Waals surface area contributed by atoms with Gasteiger partial charge in [-0.3, -0.25) is 5.10 Å². The van der Waals surface area contributed by atoms with E-state index in [1.807, 2.05) is 13.0 Å². The summed E-state index contributed by atoms with van der Waals surface area (Å²) in [6.07, 6.45) is 1.72. The molecule has 2 aromatic rings. The first-order valence-corrected chi connectivity index (χ1v) is 4.31. The van der Waals surface area contributed by atoms with Crippen molar-refractivity contribution in [3.63, 3.8) is 0 Å². The number of rotatable bonds is 4. The number of hydrogen-bond donors (Lipinski definition) is 3. The van der Waals surface area contributed by atoms with Gasteiger partial charge in [0.05, 0.1) is 12.2 Å². The third-order valence-corrected chi connectivity index (χ3v) is 1.94. The molecule has 2 rings (SSSR count). The monoisotopic (exact) mass is 193 g/mol. The highest BCUT2D eigenvalue weighted by Crippen LogP contribution is 2.07. The van der Waals surface area contributed by atoms with Gasteiger partial charge in [0.1, 0.15) is 0 Å². The fraction of sp³-hybridized carbons (Fsp3) is 0.429. The number of nitrogens with zero attached hydrogens (tertiary/aromatic N) is 4. The first-order chi connectivity index (χ1) is 6.86. The van der Waals surface area contributed by atoms with Crippen molar-refractivity contribution in [3.8, 4) is 0 Å². The van der Waals surface area contributed by atoms with Gasteiger partial charge in [0.15, 0.2) is 5.82 Å². The van der Waals surface area contributed by atoms with Crippen LogP contribution in [-0.2, 0) is 6.54 Å². The first kappa shape index (κ1) is 8.82. The number of nitrogens with one attached hydrogen (secondary N) is 3. The Bertz CT molecular complexity index is 351. The molecule has 0 amide bonds. The molecule has 0 aliphatic carbocycles. The fourth-order valence-corrected chi connectivity index (χ4v) is 1.12. The van der Waals surface area contributed by atoms with E-state index in [2.05, 4.69) is 36.1 Å². The van der Waals surface area contributed by atoms with Gasteiger partial charge in [-0.25, -0.2) is 0 Å². The maximum atomic E-state index is 3.87. The van der Waals surface area contributed by atoms with Gasteiger partial charge in [-0.2, -0.15) is 10.3 Å². The highest BCUT2D eigenvalue weighted by Gasteiger charge is 2.06. The summed E-state index contributed by atoms with van der Waals surface area (Å²) in [5.74, 6) is 0.649. The van der Waals surface area contributed by atoms with Crippen LogP contribution in [-0.4, -0.2) is 30.8 Å². The van der Waals surface area contributed by atoms with Crippen LogP contribution in [0.3, 0.4) is 0 Å². The van der Waals surface area contributed by atoms with E-state index in [0.29, 0.717) is 12.4 Å². The Balaban J connectivity index is 1.87. The maximum Gasteiger partial charge on any atom is 0.188 e. The van der Waals surface area contributed by atoms with E-state index >= 15 is 0 Å². The molecule has 14 heavy (non-hydrogen) atoms. The molecule has 0 radical (unpaired) electrons. The van der Waals surface area contributed by atoms with E-state index in [1.54, 1.807) is 6.20 Å². The lowest BCUT2D eigenvalue weighted by atomic mass is 10.2. The van der Waals surface area contributed by atoms with Gasteiger partial charge in [0.25, 0.3) is 0 Å². The van der Waals surface area contributed by atoms with Gasteiger partial charge in [0.2, 0.25) is 0 Å². The Morgan fingerprint density at radius 1 is 1.57 bits per heavy atom. The van der Waals surface area contributed by atoms with Crippen molar-refractivity contribution >= 4 is 0 Å². The van der Waals surface area contributed by atoms with Gasteiger partial charge >= 0.3 is 0 Å². The largest absolute Gasteiger partial charge is 0.302 e. The van der Waals surface area contributed by atoms with E-state index in [0.717, 1.165) is 5.69 Å². The van der Waals surface area contributed by atoms with E-state index in [4.69, 9.17) is 0 Å². The summed E-state index contributed by atoms with van der Waals surface area (Å²) in [5, 5.41) is 23.5. The molecule has 0 bridgehead atoms. The van der Waals surface area contributed by atoms with Crippen LogP contribution in [0.2, 0.25) is 0 Å². The van der Waals surface area contributed by atoms with Crippen molar-refractivity contribution < 1.29 is 0 Å². The predicted octanol–water partition coefficient (Wildman–Crippen LogP) is -0.226. The molecule has 2 aromatic heterocycles. The molecule has 0 aromatic carbocycles. The Labute approximate surface area is 80.3 Å². The minimum atomic E-state index is 0.191. The van der Waals surface area contributed by atoms with Crippen LogP contribution in [0, 0.1) is 0 Å². The zero-order valence-corrected chi connectivity index (χ0v) is 7.73. The van der Waals surface area contributed by atoms with Crippen molar-refractivity contribution in [1.82, 2.24) is 36.1 Å². The van der Waals surface area contributed by atoms with Crippen LogP contribution in [0.4, 0.5) is 0 Å². The molecule has 0 saturated heterocycles. The van der Waals surface area contributed by atoms with Gasteiger partial charge < -0.3 is 5.32 Å². The molecule has 7 nitrogen and oxygen atoms in total. The molecular formula is C7H11N7. The molecule has 74 valence electrons. The topological polar surface area (TPSA) is 95.2 Å². The van der Waals surface area contributed by atoms with Crippen molar-refractivity contribution in [2.75, 3.05) is 0 Å². The molecule has 0 saturated carbocycles. The van der Waals surface area contributed by atoms with Crippen LogP contribution in [0.25, 0.3) is 0 Å². The molecule has 7 heteroatoms. The lowest BCUT2D eigenvalue weighted by Gasteiger charge is -2.09. The second-order valence-corrected chi connectivity index (χ2v) is 2.94. The molecule has 2 heterocycles. The Hall–Kier alpha value is -1.76. The summed E-state index contributed by atoms with van der Waals surface area (Å²) in [6, 6.07) is 2.12. The van der Waals surface area contributed by atoms with Crippen LogP contribution in [0.15, 0.2) is 12.3 Å². The summed E-state index contributed by atoms with van der Waals surface area (Å²) >= 11 is 0. The summed E-state index contributed by atoms with van der Waals surface area (Å²) in [6.45, 7) is 2.62. The van der Waals surface area contributed by atoms with Crippen LogP contribution in [0.1, 0.15) is 24.5 Å². The lowest BCUT2D eigenvalue weighted by molar-refractivity contribution is 0.546. The summed E-state index contributed by atoms with van der Waals surface area (Å²) in [5.41, 5.74) is 1.04. The standard InChI is InChI=1S/C7H11N7/c1-5(6-2-3-9-10-6)8-4-7-11-13-14-12-7/h2-3,5,8H,4H2,1H3,(H,9,10)(H,11,12,13,14). The minimum absolute atomic E-state index is 0.191. The van der Waals surface area contributed by atoms with E-state index in [9.17, 15) is 0 Å². The fourth-order valence-electron chi connectivity index (χ4n) is 1.12. The maximum absolute atomic E-state index is 3.87. The third kappa shape index (κ3) is 1.94.